The summed E-state index contributed by atoms with van der Waals surface area (Å²) in [5.74, 6) is -0.292. The number of carbonyl (C=O) groups excluding carboxylic acids is 3. The highest BCUT2D eigenvalue weighted by Gasteiger charge is 2.48. The summed E-state index contributed by atoms with van der Waals surface area (Å²) in [6.45, 7) is 0.461. The predicted molar refractivity (Wildman–Crippen MR) is 113 cm³/mol. The summed E-state index contributed by atoms with van der Waals surface area (Å²) in [7, 11) is 0. The smallest absolute Gasteiger partial charge is 0.316 e. The molecule has 1 aliphatic heterocycles. The van der Waals surface area contributed by atoms with Crippen LogP contribution in [-0.2, 0) is 9.59 Å². The van der Waals surface area contributed by atoms with Gasteiger partial charge in [-0.15, -0.1) is 0 Å². The number of nitrogens with one attached hydrogen (secondary N) is 2. The van der Waals surface area contributed by atoms with E-state index in [4.69, 9.17) is 17.3 Å². The van der Waals surface area contributed by atoms with Crippen LogP contribution in [0.15, 0.2) is 54.6 Å². The first-order valence-electron chi connectivity index (χ1n) is 9.88. The molecule has 1 saturated carbocycles. The van der Waals surface area contributed by atoms with Gasteiger partial charge in [-0.1, -0.05) is 54.1 Å². The lowest BCUT2D eigenvalue weighted by Crippen LogP contribution is -2.47. The highest BCUT2D eigenvalue weighted by Crippen LogP contribution is 2.45. The Labute approximate surface area is 179 Å². The van der Waals surface area contributed by atoms with Crippen molar-refractivity contribution in [1.29, 1.82) is 0 Å². The first kappa shape index (κ1) is 20.2. The number of likely N-dealkylation sites (tertiary alicyclic amines) is 1. The number of primary amides is 1. The van der Waals surface area contributed by atoms with E-state index in [1.54, 1.807) is 24.3 Å². The van der Waals surface area contributed by atoms with E-state index < -0.39 is 18.0 Å². The van der Waals surface area contributed by atoms with Crippen LogP contribution in [0.4, 0.5) is 4.79 Å². The summed E-state index contributed by atoms with van der Waals surface area (Å²) in [6.07, 6.45) is 1.18. The van der Waals surface area contributed by atoms with Crippen molar-refractivity contribution in [2.45, 2.75) is 36.9 Å². The van der Waals surface area contributed by atoms with Gasteiger partial charge in [0.15, 0.2) is 0 Å². The molecule has 4 rings (SSSR count). The van der Waals surface area contributed by atoms with Crippen molar-refractivity contribution in [2.24, 2.45) is 5.73 Å². The molecule has 4 amide bonds. The third-order valence-electron chi connectivity index (χ3n) is 5.64. The van der Waals surface area contributed by atoms with Gasteiger partial charge in [0.05, 0.1) is 6.04 Å². The molecule has 0 radical (unpaired) electrons. The van der Waals surface area contributed by atoms with Crippen LogP contribution in [0.1, 0.15) is 35.9 Å². The van der Waals surface area contributed by atoms with Gasteiger partial charge in [0.2, 0.25) is 11.8 Å². The quantitative estimate of drug-likeness (QED) is 0.660. The molecule has 7 nitrogen and oxygen atoms in total. The zero-order valence-electron chi connectivity index (χ0n) is 16.3. The molecule has 0 bridgehead atoms. The molecule has 8 heteroatoms. The second-order valence-electron chi connectivity index (χ2n) is 7.77. The fourth-order valence-corrected chi connectivity index (χ4v) is 4.19. The Balaban J connectivity index is 1.33. The predicted octanol–water partition coefficient (Wildman–Crippen LogP) is 2.32. The molecule has 2 aromatic rings. The maximum atomic E-state index is 12.5. The van der Waals surface area contributed by atoms with Crippen LogP contribution in [0.3, 0.4) is 0 Å². The minimum Gasteiger partial charge on any atom is -0.368 e. The van der Waals surface area contributed by atoms with Gasteiger partial charge >= 0.3 is 6.03 Å². The van der Waals surface area contributed by atoms with Gasteiger partial charge in [0.1, 0.15) is 6.04 Å². The van der Waals surface area contributed by atoms with Crippen molar-refractivity contribution in [3.05, 3.63) is 70.7 Å². The first-order valence-corrected chi connectivity index (χ1v) is 10.3. The minimum atomic E-state index is -0.985. The number of amides is 4. The summed E-state index contributed by atoms with van der Waals surface area (Å²) in [6, 6.07) is 15.0. The van der Waals surface area contributed by atoms with Gasteiger partial charge in [0.25, 0.3) is 0 Å². The number of hydrogen-bond acceptors (Lipinski definition) is 3. The van der Waals surface area contributed by atoms with Crippen molar-refractivity contribution < 1.29 is 14.4 Å². The minimum absolute atomic E-state index is 0.0351. The van der Waals surface area contributed by atoms with Crippen molar-refractivity contribution in [1.82, 2.24) is 15.5 Å². The van der Waals surface area contributed by atoms with Gasteiger partial charge in [-0.25, -0.2) is 4.79 Å². The Morgan fingerprint density at radius 3 is 2.47 bits per heavy atom. The maximum Gasteiger partial charge on any atom is 0.316 e. The molecule has 1 aliphatic carbocycles. The van der Waals surface area contributed by atoms with Crippen LogP contribution >= 0.6 is 11.6 Å². The summed E-state index contributed by atoms with van der Waals surface area (Å²) in [5.41, 5.74) is 7.22. The number of hydrogen-bond donors (Lipinski definition) is 3. The second-order valence-corrected chi connectivity index (χ2v) is 8.21. The topological polar surface area (TPSA) is 105 Å². The van der Waals surface area contributed by atoms with Crippen molar-refractivity contribution >= 4 is 29.4 Å². The third-order valence-corrected chi connectivity index (χ3v) is 5.89. The van der Waals surface area contributed by atoms with E-state index in [2.05, 4.69) is 22.8 Å². The van der Waals surface area contributed by atoms with E-state index in [0.717, 1.165) is 6.42 Å². The van der Waals surface area contributed by atoms with Crippen LogP contribution in [0.2, 0.25) is 5.02 Å². The fourth-order valence-electron chi connectivity index (χ4n) is 4.07. The molecule has 2 aromatic carbocycles. The highest BCUT2D eigenvalue weighted by atomic mass is 35.5. The molecule has 0 aromatic heterocycles. The van der Waals surface area contributed by atoms with Crippen LogP contribution in [0.5, 0.6) is 0 Å². The molecule has 1 heterocycles. The van der Waals surface area contributed by atoms with Crippen molar-refractivity contribution in [3.8, 4) is 0 Å². The Morgan fingerprint density at radius 1 is 1.10 bits per heavy atom. The number of nitrogens with two attached hydrogens (primary N) is 1. The molecule has 30 heavy (non-hydrogen) atoms. The zero-order chi connectivity index (χ0) is 21.3. The average molecular weight is 427 g/mol. The number of nitrogens with zero attached hydrogens (tertiary/aromatic N) is 1. The van der Waals surface area contributed by atoms with Crippen LogP contribution < -0.4 is 16.4 Å². The van der Waals surface area contributed by atoms with Crippen LogP contribution in [-0.4, -0.2) is 41.4 Å². The Hall–Kier alpha value is -3.06. The molecule has 2 aliphatic rings. The highest BCUT2D eigenvalue weighted by molar-refractivity contribution is 6.30. The summed E-state index contributed by atoms with van der Waals surface area (Å²) in [5, 5.41) is 5.91. The van der Waals surface area contributed by atoms with Crippen molar-refractivity contribution in [3.63, 3.8) is 0 Å². The average Bonchev–Trinajstić information content (AvgIpc) is 3.44. The number of halogens is 1. The van der Waals surface area contributed by atoms with Gasteiger partial charge in [-0.3, -0.25) is 9.59 Å². The van der Waals surface area contributed by atoms with E-state index >= 15 is 0 Å². The Morgan fingerprint density at radius 2 is 1.80 bits per heavy atom. The van der Waals surface area contributed by atoms with Gasteiger partial charge in [0, 0.05) is 29.9 Å². The van der Waals surface area contributed by atoms with Crippen LogP contribution in [0, 0.1) is 0 Å². The molecular weight excluding hydrogens is 404 g/mol. The van der Waals surface area contributed by atoms with E-state index in [1.165, 1.54) is 5.56 Å². The van der Waals surface area contributed by atoms with E-state index in [0.29, 0.717) is 23.0 Å². The monoisotopic (exact) mass is 426 g/mol. The molecular formula is C22H23ClN4O3. The fraction of sp³-hybridized carbons (Fsp3) is 0.318. The number of rotatable bonds is 6. The number of carbonyl (C=O) groups is 3. The number of urea groups is 1. The van der Waals surface area contributed by atoms with Crippen LogP contribution in [0.25, 0.3) is 0 Å². The van der Waals surface area contributed by atoms with Crippen molar-refractivity contribution in [2.75, 3.05) is 6.54 Å². The summed E-state index contributed by atoms with van der Waals surface area (Å²) >= 11 is 5.87. The normalized spacial score (nSPS) is 23.7. The summed E-state index contributed by atoms with van der Waals surface area (Å²) in [4.78, 5) is 38.6. The second kappa shape index (κ2) is 8.36. The Kier molecular flexibility index (Phi) is 5.63. The van der Waals surface area contributed by atoms with Gasteiger partial charge in [-0.2, -0.15) is 0 Å². The largest absolute Gasteiger partial charge is 0.368 e. The molecule has 156 valence electrons. The standard InChI is InChI=1S/C22H23ClN4O3/c23-15-8-6-14(7-9-15)20(21(24)29)26-22(30)25-16-10-19(28)27(12-16)18-11-17(18)13-4-2-1-3-5-13/h1-9,16-18,20H,10-12H2,(H2,24,29)(H2,25,26,30). The SMILES string of the molecule is NC(=O)C(NC(=O)NC1CC(=O)N(C2CC2c2ccccc2)C1)c1ccc(Cl)cc1. The molecule has 1 saturated heterocycles. The maximum absolute atomic E-state index is 12.5. The van der Waals surface area contributed by atoms with E-state index in [-0.39, 0.29) is 24.4 Å². The zero-order valence-corrected chi connectivity index (χ0v) is 17.0. The lowest BCUT2D eigenvalue weighted by Gasteiger charge is -2.20. The lowest BCUT2D eigenvalue weighted by molar-refractivity contribution is -0.128. The van der Waals surface area contributed by atoms with E-state index in [1.807, 2.05) is 23.1 Å². The van der Waals surface area contributed by atoms with Gasteiger partial charge in [-0.05, 0) is 29.7 Å². The molecule has 4 atom stereocenters. The number of benzene rings is 2. The third kappa shape index (κ3) is 4.41. The van der Waals surface area contributed by atoms with E-state index in [9.17, 15) is 14.4 Å². The molecule has 4 N–H and O–H groups in total. The molecule has 2 fully saturated rings. The Bertz CT molecular complexity index is 951. The molecule has 4 unspecified atom stereocenters. The molecule has 0 spiro atoms. The van der Waals surface area contributed by atoms with Gasteiger partial charge < -0.3 is 21.3 Å². The first-order chi connectivity index (χ1) is 14.4. The lowest BCUT2D eigenvalue weighted by atomic mass is 10.1. The summed E-state index contributed by atoms with van der Waals surface area (Å²) < 4.78 is 0.